The van der Waals surface area contributed by atoms with E-state index in [1.807, 2.05) is 41.3 Å². The fraction of sp³-hybridized carbons (Fsp3) is 0.360. The molecule has 1 aliphatic heterocycles. The summed E-state index contributed by atoms with van der Waals surface area (Å²) >= 11 is 3.48. The highest BCUT2D eigenvalue weighted by Gasteiger charge is 2.44. The number of amides is 1. The van der Waals surface area contributed by atoms with Crippen molar-refractivity contribution >= 4 is 33.3 Å². The minimum atomic E-state index is -0.171. The highest BCUT2D eigenvalue weighted by molar-refractivity contribution is 9.10. The molecule has 4 rings (SSSR count). The normalized spacial score (nSPS) is 21.4. The molecule has 29 heavy (non-hydrogen) atoms. The molecule has 3 nitrogen and oxygen atoms in total. The Hall–Kier alpha value is -2.20. The molecule has 0 saturated carbocycles. The number of aryl methyl sites for hydroxylation is 1. The molecule has 0 radical (unpaired) electrons. The Labute approximate surface area is 180 Å². The van der Waals surface area contributed by atoms with Crippen LogP contribution in [0.4, 0.5) is 5.69 Å². The highest BCUT2D eigenvalue weighted by atomic mass is 79.9. The van der Waals surface area contributed by atoms with Crippen LogP contribution in [0.1, 0.15) is 55.7 Å². The summed E-state index contributed by atoms with van der Waals surface area (Å²) in [6.45, 7) is 8.34. The van der Waals surface area contributed by atoms with Gasteiger partial charge in [-0.1, -0.05) is 54.0 Å². The number of ketones is 1. The Kier molecular flexibility index (Phi) is 5.02. The molecule has 1 heterocycles. The molecule has 4 heteroatoms. The molecule has 1 atom stereocenters. The summed E-state index contributed by atoms with van der Waals surface area (Å²) in [4.78, 5) is 28.6. The van der Waals surface area contributed by atoms with Crippen molar-refractivity contribution in [1.82, 2.24) is 0 Å². The molecule has 0 fully saturated rings. The van der Waals surface area contributed by atoms with Crippen LogP contribution in [0.3, 0.4) is 0 Å². The number of nitrogens with zero attached hydrogens (tertiary/aromatic N) is 1. The highest BCUT2D eigenvalue weighted by Crippen LogP contribution is 2.48. The fourth-order valence-corrected chi connectivity index (χ4v) is 4.92. The third-order valence-electron chi connectivity index (χ3n) is 6.23. The number of carbonyl (C=O) groups is 2. The number of benzene rings is 2. The molecule has 2 aliphatic rings. The monoisotopic (exact) mass is 451 g/mol. The Bertz CT molecular complexity index is 1030. The van der Waals surface area contributed by atoms with Gasteiger partial charge in [0.1, 0.15) is 0 Å². The van der Waals surface area contributed by atoms with Gasteiger partial charge in [0.15, 0.2) is 5.78 Å². The lowest BCUT2D eigenvalue weighted by molar-refractivity contribution is -0.121. The van der Waals surface area contributed by atoms with E-state index < -0.39 is 0 Å². The Morgan fingerprint density at radius 1 is 1.00 bits per heavy atom. The van der Waals surface area contributed by atoms with Crippen molar-refractivity contribution in [2.24, 2.45) is 5.41 Å². The molecular weight excluding hydrogens is 426 g/mol. The van der Waals surface area contributed by atoms with E-state index in [9.17, 15) is 9.59 Å². The fourth-order valence-electron chi connectivity index (χ4n) is 4.65. The van der Waals surface area contributed by atoms with Gasteiger partial charge in [-0.25, -0.2) is 0 Å². The van der Waals surface area contributed by atoms with Crippen LogP contribution in [0.5, 0.6) is 0 Å². The zero-order chi connectivity index (χ0) is 20.9. The first-order valence-electron chi connectivity index (χ1n) is 10.1. The van der Waals surface area contributed by atoms with Gasteiger partial charge in [0.05, 0.1) is 5.69 Å². The van der Waals surface area contributed by atoms with E-state index in [-0.39, 0.29) is 23.0 Å². The van der Waals surface area contributed by atoms with Crippen LogP contribution in [-0.4, -0.2) is 11.7 Å². The van der Waals surface area contributed by atoms with E-state index in [1.54, 1.807) is 0 Å². The van der Waals surface area contributed by atoms with Crippen LogP contribution in [0.25, 0.3) is 0 Å². The van der Waals surface area contributed by atoms with Gasteiger partial charge in [-0.05, 0) is 60.6 Å². The van der Waals surface area contributed by atoms with Gasteiger partial charge >= 0.3 is 0 Å². The van der Waals surface area contributed by atoms with E-state index >= 15 is 0 Å². The summed E-state index contributed by atoms with van der Waals surface area (Å²) in [7, 11) is 0. The van der Waals surface area contributed by atoms with E-state index in [0.29, 0.717) is 12.8 Å². The number of rotatable bonds is 2. The maximum atomic E-state index is 13.5. The molecule has 0 N–H and O–H groups in total. The first-order valence-corrected chi connectivity index (χ1v) is 10.9. The molecule has 0 bridgehead atoms. The minimum absolute atomic E-state index is 0.0656. The molecule has 1 unspecified atom stereocenters. The van der Waals surface area contributed by atoms with Gasteiger partial charge in [0.2, 0.25) is 5.91 Å². The van der Waals surface area contributed by atoms with Crippen molar-refractivity contribution in [3.8, 4) is 0 Å². The Morgan fingerprint density at radius 2 is 1.69 bits per heavy atom. The van der Waals surface area contributed by atoms with Gasteiger partial charge in [0.25, 0.3) is 0 Å². The Morgan fingerprint density at radius 3 is 2.38 bits per heavy atom. The number of anilines is 1. The van der Waals surface area contributed by atoms with Crippen molar-refractivity contribution < 1.29 is 9.59 Å². The number of halogens is 1. The number of hydrogen-bond donors (Lipinski definition) is 0. The molecule has 0 saturated heterocycles. The lowest BCUT2D eigenvalue weighted by Crippen LogP contribution is -2.44. The molecule has 0 spiro atoms. The second kappa shape index (κ2) is 7.24. The number of carbonyl (C=O) groups excluding carboxylic acids is 2. The van der Waals surface area contributed by atoms with Crippen LogP contribution in [-0.2, 0) is 9.59 Å². The standard InChI is InChI=1S/C25H26BrNO2/c1-15-6-5-7-20(16(15)2)27-21-13-25(3,4)14-22(28)24(21)19(12-23(27)29)17-8-10-18(26)11-9-17/h5-11,19H,12-14H2,1-4H3. The van der Waals surface area contributed by atoms with Crippen molar-refractivity contribution in [2.45, 2.75) is 52.9 Å². The smallest absolute Gasteiger partial charge is 0.232 e. The summed E-state index contributed by atoms with van der Waals surface area (Å²) in [5.74, 6) is 0.0680. The lowest BCUT2D eigenvalue weighted by Gasteiger charge is -2.43. The van der Waals surface area contributed by atoms with Crippen molar-refractivity contribution in [1.29, 1.82) is 0 Å². The maximum Gasteiger partial charge on any atom is 0.232 e. The minimum Gasteiger partial charge on any atom is -0.294 e. The van der Waals surface area contributed by atoms with Crippen LogP contribution >= 0.6 is 15.9 Å². The second-order valence-electron chi connectivity index (χ2n) is 9.06. The molecule has 0 aromatic heterocycles. The molecule has 1 aliphatic carbocycles. The second-order valence-corrected chi connectivity index (χ2v) is 9.97. The average molecular weight is 452 g/mol. The van der Waals surface area contributed by atoms with Gasteiger partial charge in [0, 0.05) is 34.5 Å². The van der Waals surface area contributed by atoms with E-state index in [4.69, 9.17) is 0 Å². The Balaban J connectivity index is 1.92. The molecular formula is C25H26BrNO2. The summed E-state index contributed by atoms with van der Waals surface area (Å²) in [5, 5.41) is 0. The quantitative estimate of drug-likeness (QED) is 0.542. The van der Waals surface area contributed by atoms with Crippen molar-refractivity contribution in [3.05, 3.63) is 74.9 Å². The van der Waals surface area contributed by atoms with Gasteiger partial charge in [-0.15, -0.1) is 0 Å². The molecule has 2 aromatic rings. The van der Waals surface area contributed by atoms with E-state index in [1.165, 1.54) is 0 Å². The maximum absolute atomic E-state index is 13.5. The summed E-state index contributed by atoms with van der Waals surface area (Å²) in [6.07, 6.45) is 1.56. The predicted octanol–water partition coefficient (Wildman–Crippen LogP) is 6.23. The average Bonchev–Trinajstić information content (AvgIpc) is 2.63. The van der Waals surface area contributed by atoms with Crippen LogP contribution < -0.4 is 4.90 Å². The number of Topliss-reactive ketones (excluding diaryl/α,β-unsaturated/α-hetero) is 1. The lowest BCUT2D eigenvalue weighted by atomic mass is 9.69. The van der Waals surface area contributed by atoms with Crippen LogP contribution in [0.15, 0.2) is 58.2 Å². The first-order chi connectivity index (χ1) is 13.7. The third-order valence-corrected chi connectivity index (χ3v) is 6.76. The topological polar surface area (TPSA) is 37.4 Å². The SMILES string of the molecule is Cc1cccc(N2C(=O)CC(c3ccc(Br)cc3)C3=C2CC(C)(C)CC3=O)c1C. The van der Waals surface area contributed by atoms with Crippen molar-refractivity contribution in [2.75, 3.05) is 4.90 Å². The van der Waals surface area contributed by atoms with Gasteiger partial charge in [-0.2, -0.15) is 0 Å². The molecule has 150 valence electrons. The zero-order valence-electron chi connectivity index (χ0n) is 17.4. The van der Waals surface area contributed by atoms with Crippen molar-refractivity contribution in [3.63, 3.8) is 0 Å². The van der Waals surface area contributed by atoms with Gasteiger partial charge < -0.3 is 0 Å². The van der Waals surface area contributed by atoms with E-state index in [2.05, 4.69) is 49.7 Å². The van der Waals surface area contributed by atoms with Gasteiger partial charge in [-0.3, -0.25) is 14.5 Å². The van der Waals surface area contributed by atoms with Crippen LogP contribution in [0.2, 0.25) is 0 Å². The third kappa shape index (κ3) is 3.59. The summed E-state index contributed by atoms with van der Waals surface area (Å²) in [5.41, 5.74) is 5.73. The summed E-state index contributed by atoms with van der Waals surface area (Å²) in [6, 6.07) is 14.0. The predicted molar refractivity (Wildman–Crippen MR) is 120 cm³/mol. The number of hydrogen-bond acceptors (Lipinski definition) is 2. The summed E-state index contributed by atoms with van der Waals surface area (Å²) < 4.78 is 0.991. The van der Waals surface area contributed by atoms with Crippen LogP contribution in [0, 0.1) is 19.3 Å². The molecule has 1 amide bonds. The van der Waals surface area contributed by atoms with E-state index in [0.717, 1.165) is 44.5 Å². The largest absolute Gasteiger partial charge is 0.294 e. The zero-order valence-corrected chi connectivity index (χ0v) is 19.0. The number of allylic oxidation sites excluding steroid dienone is 2. The first kappa shape index (κ1) is 20.1. The molecule has 2 aromatic carbocycles.